The van der Waals surface area contributed by atoms with Crippen molar-refractivity contribution in [2.45, 2.75) is 25.9 Å². The number of carboxylic acids is 1. The molecular formula is C11H15NO5. The highest BCUT2D eigenvalue weighted by Crippen LogP contribution is 2.26. The molecule has 1 fully saturated rings. The van der Waals surface area contributed by atoms with E-state index in [9.17, 15) is 4.79 Å². The summed E-state index contributed by atoms with van der Waals surface area (Å²) in [5.74, 6) is -0.942. The minimum Gasteiger partial charge on any atom is -0.475 e. The van der Waals surface area contributed by atoms with Crippen LogP contribution in [0.15, 0.2) is 4.42 Å². The summed E-state index contributed by atoms with van der Waals surface area (Å²) in [7, 11) is 0. The van der Waals surface area contributed by atoms with E-state index in [1.165, 1.54) is 0 Å². The fourth-order valence-electron chi connectivity index (χ4n) is 1.66. The van der Waals surface area contributed by atoms with Gasteiger partial charge in [0, 0.05) is 0 Å². The van der Waals surface area contributed by atoms with E-state index in [2.05, 4.69) is 4.98 Å². The molecule has 0 amide bonds. The van der Waals surface area contributed by atoms with Crippen LogP contribution >= 0.6 is 0 Å². The highest BCUT2D eigenvalue weighted by atomic mass is 16.6. The van der Waals surface area contributed by atoms with Gasteiger partial charge in [0.25, 0.3) is 0 Å². The molecule has 0 spiro atoms. The molecule has 1 saturated heterocycles. The normalized spacial score (nSPS) is 20.8. The molecule has 1 aromatic rings. The van der Waals surface area contributed by atoms with Crippen molar-refractivity contribution in [1.29, 1.82) is 0 Å². The largest absolute Gasteiger partial charge is 0.475 e. The predicted octanol–water partition coefficient (Wildman–Crippen LogP) is 1.58. The third kappa shape index (κ3) is 2.48. The van der Waals surface area contributed by atoms with E-state index in [4.69, 9.17) is 19.0 Å². The number of rotatable bonds is 3. The first kappa shape index (κ1) is 12.1. The maximum Gasteiger partial charge on any atom is 0.373 e. The van der Waals surface area contributed by atoms with Gasteiger partial charge in [-0.15, -0.1) is 0 Å². The van der Waals surface area contributed by atoms with Crippen molar-refractivity contribution < 1.29 is 23.8 Å². The molecule has 0 saturated carbocycles. The van der Waals surface area contributed by atoms with Crippen molar-refractivity contribution in [3.63, 3.8) is 0 Å². The Kier molecular flexibility index (Phi) is 3.44. The lowest BCUT2D eigenvalue weighted by atomic mass is 10.1. The number of carbonyl (C=O) groups is 1. The van der Waals surface area contributed by atoms with Crippen LogP contribution in [0, 0.1) is 0 Å². The number of aromatic carboxylic acids is 1. The molecule has 6 nitrogen and oxygen atoms in total. The van der Waals surface area contributed by atoms with Gasteiger partial charge in [0.05, 0.1) is 25.5 Å². The Morgan fingerprint density at radius 1 is 1.47 bits per heavy atom. The first-order valence-electron chi connectivity index (χ1n) is 5.53. The minimum atomic E-state index is -1.11. The van der Waals surface area contributed by atoms with Crippen LogP contribution in [-0.4, -0.2) is 35.9 Å². The van der Waals surface area contributed by atoms with Crippen LogP contribution in [0.5, 0.6) is 0 Å². The van der Waals surface area contributed by atoms with E-state index >= 15 is 0 Å². The number of carboxylic acid groups (broad SMARTS) is 1. The summed E-state index contributed by atoms with van der Waals surface area (Å²) in [5, 5.41) is 9.02. The lowest BCUT2D eigenvalue weighted by Gasteiger charge is -2.19. The molecule has 1 atom stereocenters. The Labute approximate surface area is 98.5 Å². The molecule has 17 heavy (non-hydrogen) atoms. The van der Waals surface area contributed by atoms with E-state index in [0.29, 0.717) is 25.5 Å². The highest BCUT2D eigenvalue weighted by molar-refractivity contribution is 5.85. The smallest absolute Gasteiger partial charge is 0.373 e. The van der Waals surface area contributed by atoms with E-state index in [0.717, 1.165) is 0 Å². The van der Waals surface area contributed by atoms with Gasteiger partial charge in [-0.1, -0.05) is 13.8 Å². The van der Waals surface area contributed by atoms with Gasteiger partial charge in [0.15, 0.2) is 6.10 Å². The molecule has 1 aliphatic heterocycles. The van der Waals surface area contributed by atoms with Gasteiger partial charge < -0.3 is 19.0 Å². The molecule has 1 N–H and O–H groups in total. The summed E-state index contributed by atoms with van der Waals surface area (Å²) >= 11 is 0. The van der Waals surface area contributed by atoms with Gasteiger partial charge >= 0.3 is 5.97 Å². The SMILES string of the molecule is CC(C)c1nc(C2COCCO2)oc1C(=O)O. The zero-order chi connectivity index (χ0) is 12.4. The summed E-state index contributed by atoms with van der Waals surface area (Å²) in [4.78, 5) is 15.2. The quantitative estimate of drug-likeness (QED) is 0.865. The molecule has 1 unspecified atom stereocenters. The van der Waals surface area contributed by atoms with E-state index in [-0.39, 0.29) is 17.6 Å². The lowest BCUT2D eigenvalue weighted by molar-refractivity contribution is -0.0998. The molecule has 1 aliphatic rings. The maximum absolute atomic E-state index is 11.0. The van der Waals surface area contributed by atoms with Crippen molar-refractivity contribution in [2.24, 2.45) is 0 Å². The Morgan fingerprint density at radius 2 is 2.24 bits per heavy atom. The number of ether oxygens (including phenoxy) is 2. The Balaban J connectivity index is 2.29. The fraction of sp³-hybridized carbons (Fsp3) is 0.636. The summed E-state index contributed by atoms with van der Waals surface area (Å²) in [6.07, 6.45) is -0.408. The van der Waals surface area contributed by atoms with Gasteiger partial charge in [-0.05, 0) is 5.92 Å². The Morgan fingerprint density at radius 3 is 2.71 bits per heavy atom. The minimum absolute atomic E-state index is 0.0110. The average Bonchev–Trinajstić information content (AvgIpc) is 2.75. The van der Waals surface area contributed by atoms with Crippen molar-refractivity contribution >= 4 is 5.97 Å². The number of hydrogen-bond donors (Lipinski definition) is 1. The zero-order valence-corrected chi connectivity index (χ0v) is 9.80. The predicted molar refractivity (Wildman–Crippen MR) is 57.1 cm³/mol. The number of nitrogens with zero attached hydrogens (tertiary/aromatic N) is 1. The molecule has 2 heterocycles. The van der Waals surface area contributed by atoms with Crippen LogP contribution < -0.4 is 0 Å². The van der Waals surface area contributed by atoms with Gasteiger partial charge in [-0.3, -0.25) is 0 Å². The lowest BCUT2D eigenvalue weighted by Crippen LogP contribution is -2.22. The third-order valence-corrected chi connectivity index (χ3v) is 2.50. The van der Waals surface area contributed by atoms with Gasteiger partial charge in [-0.2, -0.15) is 0 Å². The first-order valence-corrected chi connectivity index (χ1v) is 5.53. The van der Waals surface area contributed by atoms with Crippen molar-refractivity contribution in [3.8, 4) is 0 Å². The topological polar surface area (TPSA) is 81.8 Å². The summed E-state index contributed by atoms with van der Waals surface area (Å²) < 4.78 is 15.9. The third-order valence-electron chi connectivity index (χ3n) is 2.50. The van der Waals surface area contributed by atoms with Gasteiger partial charge in [0.2, 0.25) is 11.7 Å². The van der Waals surface area contributed by atoms with Crippen LogP contribution in [0.3, 0.4) is 0 Å². The Bertz CT molecular complexity index is 406. The van der Waals surface area contributed by atoms with E-state index in [1.807, 2.05) is 13.8 Å². The summed E-state index contributed by atoms with van der Waals surface area (Å²) in [5.41, 5.74) is 0.446. The second kappa shape index (κ2) is 4.85. The van der Waals surface area contributed by atoms with Crippen molar-refractivity contribution in [1.82, 2.24) is 4.98 Å². The highest BCUT2D eigenvalue weighted by Gasteiger charge is 2.28. The molecule has 2 rings (SSSR count). The molecule has 6 heteroatoms. The van der Waals surface area contributed by atoms with Crippen LogP contribution in [0.4, 0.5) is 0 Å². The molecule has 0 radical (unpaired) electrons. The van der Waals surface area contributed by atoms with Crippen molar-refractivity contribution in [2.75, 3.05) is 19.8 Å². The molecule has 0 aromatic carbocycles. The number of aromatic nitrogens is 1. The second-order valence-corrected chi connectivity index (χ2v) is 4.16. The van der Waals surface area contributed by atoms with Crippen LogP contribution in [0.2, 0.25) is 0 Å². The monoisotopic (exact) mass is 241 g/mol. The number of hydrogen-bond acceptors (Lipinski definition) is 5. The van der Waals surface area contributed by atoms with Crippen LogP contribution in [0.1, 0.15) is 48.0 Å². The summed E-state index contributed by atoms with van der Waals surface area (Å²) in [6.45, 7) is 5.09. The van der Waals surface area contributed by atoms with Gasteiger partial charge in [-0.25, -0.2) is 9.78 Å². The van der Waals surface area contributed by atoms with Crippen LogP contribution in [0.25, 0.3) is 0 Å². The Hall–Kier alpha value is -1.40. The standard InChI is InChI=1S/C11H15NO5/c1-6(2)8-9(11(13)14)17-10(12-8)7-5-15-3-4-16-7/h6-7H,3-5H2,1-2H3,(H,13,14). The molecule has 0 bridgehead atoms. The van der Waals surface area contributed by atoms with Crippen molar-refractivity contribution in [3.05, 3.63) is 17.3 Å². The molecule has 1 aromatic heterocycles. The zero-order valence-electron chi connectivity index (χ0n) is 9.80. The van der Waals surface area contributed by atoms with E-state index in [1.54, 1.807) is 0 Å². The molecular weight excluding hydrogens is 226 g/mol. The number of oxazole rings is 1. The fourth-order valence-corrected chi connectivity index (χ4v) is 1.66. The van der Waals surface area contributed by atoms with Gasteiger partial charge in [0.1, 0.15) is 0 Å². The summed E-state index contributed by atoms with van der Waals surface area (Å²) in [6, 6.07) is 0. The molecule has 94 valence electrons. The first-order chi connectivity index (χ1) is 8.09. The average molecular weight is 241 g/mol. The second-order valence-electron chi connectivity index (χ2n) is 4.16. The van der Waals surface area contributed by atoms with Crippen LogP contribution in [-0.2, 0) is 9.47 Å². The molecule has 0 aliphatic carbocycles. The van der Waals surface area contributed by atoms with E-state index < -0.39 is 12.1 Å². The maximum atomic E-state index is 11.0.